The molecular weight excluding hydrogens is 204 g/mol. The van der Waals surface area contributed by atoms with Crippen molar-refractivity contribution in [2.24, 2.45) is 0 Å². The molecule has 0 spiro atoms. The van der Waals surface area contributed by atoms with Gasteiger partial charge in [-0.1, -0.05) is 40.7 Å². The normalized spacial score (nSPS) is 14.6. The van der Waals surface area contributed by atoms with Crippen LogP contribution in [-0.4, -0.2) is 4.58 Å². The van der Waals surface area contributed by atoms with E-state index in [1.54, 1.807) is 0 Å². The summed E-state index contributed by atoms with van der Waals surface area (Å²) in [5, 5.41) is 4.29. The summed E-state index contributed by atoms with van der Waals surface area (Å²) in [6.45, 7) is 6.33. The summed E-state index contributed by atoms with van der Waals surface area (Å²) in [7, 11) is 3.75. The van der Waals surface area contributed by atoms with Crippen LogP contribution in [0.5, 0.6) is 0 Å². The quantitative estimate of drug-likeness (QED) is 0.461. The van der Waals surface area contributed by atoms with Gasteiger partial charge in [0.1, 0.15) is 0 Å². The molecule has 0 fully saturated rings. The zero-order chi connectivity index (χ0) is 9.23. The summed E-state index contributed by atoms with van der Waals surface area (Å²) >= 11 is 1.90. The third-order valence-electron chi connectivity index (χ3n) is 1.05. The standard InChI is InChI=1S/C9H16S3/c1-4-7-10-9(6-3)12-11-8-5-2/h4-5,7-9H,6H2,1-3H3/b7-4-,8-5-. The van der Waals surface area contributed by atoms with E-state index >= 15 is 0 Å². The van der Waals surface area contributed by atoms with Crippen LogP contribution < -0.4 is 0 Å². The largest absolute Gasteiger partial charge is 0.119 e. The molecule has 0 aliphatic carbocycles. The van der Waals surface area contributed by atoms with Crippen molar-refractivity contribution in [3.05, 3.63) is 23.0 Å². The zero-order valence-electron chi connectivity index (χ0n) is 7.82. The zero-order valence-corrected chi connectivity index (χ0v) is 10.3. The molecule has 3 heteroatoms. The molecule has 0 saturated heterocycles. The van der Waals surface area contributed by atoms with Crippen LogP contribution in [0.15, 0.2) is 23.0 Å². The molecule has 0 heterocycles. The number of hydrogen-bond donors (Lipinski definition) is 0. The summed E-state index contributed by atoms with van der Waals surface area (Å²) in [5.41, 5.74) is 0. The average Bonchev–Trinajstić information content (AvgIpc) is 2.11. The van der Waals surface area contributed by atoms with Crippen LogP contribution >= 0.6 is 33.3 Å². The predicted octanol–water partition coefficient (Wildman–Crippen LogP) is 4.90. The average molecular weight is 220 g/mol. The molecule has 0 aromatic rings. The maximum absolute atomic E-state index is 2.23. The number of hydrogen-bond acceptors (Lipinski definition) is 3. The van der Waals surface area contributed by atoms with Crippen LogP contribution in [0.25, 0.3) is 0 Å². The number of thioether (sulfide) groups is 1. The molecule has 0 aromatic heterocycles. The predicted molar refractivity (Wildman–Crippen MR) is 66.5 cm³/mol. The van der Waals surface area contributed by atoms with Gasteiger partial charge in [-0.25, -0.2) is 0 Å². The second-order valence-electron chi connectivity index (χ2n) is 2.11. The van der Waals surface area contributed by atoms with Crippen molar-refractivity contribution in [2.75, 3.05) is 0 Å². The summed E-state index contributed by atoms with van der Waals surface area (Å²) in [5.74, 6) is 0. The van der Waals surface area contributed by atoms with E-state index in [1.807, 2.05) is 40.3 Å². The molecule has 0 bridgehead atoms. The first kappa shape index (κ1) is 12.5. The molecule has 0 aliphatic rings. The van der Waals surface area contributed by atoms with Crippen LogP contribution in [0.4, 0.5) is 0 Å². The Morgan fingerprint density at radius 2 is 1.83 bits per heavy atom. The molecule has 1 atom stereocenters. The molecule has 0 radical (unpaired) electrons. The van der Waals surface area contributed by atoms with Gasteiger partial charge in [-0.15, -0.1) is 11.8 Å². The van der Waals surface area contributed by atoms with Gasteiger partial charge in [0.25, 0.3) is 0 Å². The molecule has 0 amide bonds. The molecular formula is C9H16S3. The van der Waals surface area contributed by atoms with Gasteiger partial charge < -0.3 is 0 Å². The van der Waals surface area contributed by atoms with Crippen LogP contribution in [0.2, 0.25) is 0 Å². The highest BCUT2D eigenvalue weighted by Gasteiger charge is 2.03. The maximum atomic E-state index is 2.23. The van der Waals surface area contributed by atoms with E-state index in [4.69, 9.17) is 0 Å². The van der Waals surface area contributed by atoms with E-state index in [2.05, 4.69) is 36.8 Å². The van der Waals surface area contributed by atoms with Crippen LogP contribution in [-0.2, 0) is 0 Å². The minimum Gasteiger partial charge on any atom is -0.119 e. The van der Waals surface area contributed by atoms with E-state index < -0.39 is 0 Å². The first-order valence-corrected chi connectivity index (χ1v) is 7.27. The van der Waals surface area contributed by atoms with Gasteiger partial charge >= 0.3 is 0 Å². The highest BCUT2D eigenvalue weighted by atomic mass is 33.1. The van der Waals surface area contributed by atoms with Crippen molar-refractivity contribution in [3.8, 4) is 0 Å². The summed E-state index contributed by atoms with van der Waals surface area (Å²) in [6.07, 6.45) is 5.38. The summed E-state index contributed by atoms with van der Waals surface area (Å²) in [4.78, 5) is 0. The smallest absolute Gasteiger partial charge is 0.0647 e. The fourth-order valence-corrected chi connectivity index (χ4v) is 3.96. The van der Waals surface area contributed by atoms with E-state index in [1.165, 1.54) is 6.42 Å². The van der Waals surface area contributed by atoms with Crippen molar-refractivity contribution in [1.29, 1.82) is 0 Å². The molecule has 0 saturated carbocycles. The molecule has 0 aromatic carbocycles. The van der Waals surface area contributed by atoms with Crippen molar-refractivity contribution in [2.45, 2.75) is 31.8 Å². The van der Waals surface area contributed by atoms with Crippen molar-refractivity contribution < 1.29 is 0 Å². The van der Waals surface area contributed by atoms with Crippen LogP contribution in [0.3, 0.4) is 0 Å². The Morgan fingerprint density at radius 3 is 2.33 bits per heavy atom. The van der Waals surface area contributed by atoms with Crippen LogP contribution in [0.1, 0.15) is 27.2 Å². The Morgan fingerprint density at radius 1 is 1.17 bits per heavy atom. The first-order chi connectivity index (χ1) is 5.85. The lowest BCUT2D eigenvalue weighted by atomic mass is 10.6. The molecule has 70 valence electrons. The number of rotatable bonds is 6. The highest BCUT2D eigenvalue weighted by molar-refractivity contribution is 8.79. The molecule has 0 N–H and O–H groups in total. The topological polar surface area (TPSA) is 0 Å². The molecule has 0 rings (SSSR count). The minimum absolute atomic E-state index is 0.683. The van der Waals surface area contributed by atoms with Crippen molar-refractivity contribution >= 4 is 33.3 Å². The Labute approximate surface area is 88.0 Å². The van der Waals surface area contributed by atoms with Gasteiger partial charge in [-0.2, -0.15) is 0 Å². The van der Waals surface area contributed by atoms with Gasteiger partial charge in [-0.05, 0) is 31.1 Å². The van der Waals surface area contributed by atoms with E-state index in [-0.39, 0.29) is 0 Å². The lowest BCUT2D eigenvalue weighted by Gasteiger charge is -2.08. The third kappa shape index (κ3) is 7.19. The van der Waals surface area contributed by atoms with E-state index in [0.717, 1.165) is 0 Å². The lowest BCUT2D eigenvalue weighted by molar-refractivity contribution is 1.06. The Kier molecular flexibility index (Phi) is 10.0. The molecule has 0 nitrogen and oxygen atoms in total. The second kappa shape index (κ2) is 9.62. The first-order valence-electron chi connectivity index (χ1n) is 4.05. The Balaban J connectivity index is 3.52. The fraction of sp³-hybridized carbons (Fsp3) is 0.556. The monoisotopic (exact) mass is 220 g/mol. The van der Waals surface area contributed by atoms with Gasteiger partial charge in [-0.3, -0.25) is 0 Å². The van der Waals surface area contributed by atoms with Crippen molar-refractivity contribution in [3.63, 3.8) is 0 Å². The SMILES string of the molecule is C/C=C\SSC(CC)S/C=C\C. The third-order valence-corrected chi connectivity index (χ3v) is 5.51. The van der Waals surface area contributed by atoms with Gasteiger partial charge in [0.15, 0.2) is 0 Å². The van der Waals surface area contributed by atoms with E-state index in [0.29, 0.717) is 4.58 Å². The highest BCUT2D eigenvalue weighted by Crippen LogP contribution is 2.36. The Bertz CT molecular complexity index is 141. The molecule has 12 heavy (non-hydrogen) atoms. The lowest BCUT2D eigenvalue weighted by Crippen LogP contribution is -1.87. The number of allylic oxidation sites excluding steroid dienone is 2. The van der Waals surface area contributed by atoms with Gasteiger partial charge in [0.2, 0.25) is 0 Å². The fourth-order valence-electron chi connectivity index (χ4n) is 0.503. The van der Waals surface area contributed by atoms with Gasteiger partial charge in [0, 0.05) is 0 Å². The molecule has 1 unspecified atom stereocenters. The minimum atomic E-state index is 0.683. The van der Waals surface area contributed by atoms with E-state index in [9.17, 15) is 0 Å². The summed E-state index contributed by atoms with van der Waals surface area (Å²) in [6, 6.07) is 0. The van der Waals surface area contributed by atoms with Gasteiger partial charge in [0.05, 0.1) is 4.58 Å². The van der Waals surface area contributed by atoms with Crippen LogP contribution in [0, 0.1) is 0 Å². The summed E-state index contributed by atoms with van der Waals surface area (Å²) < 4.78 is 0.683. The second-order valence-corrected chi connectivity index (χ2v) is 5.90. The molecule has 0 aliphatic heterocycles. The maximum Gasteiger partial charge on any atom is 0.0647 e. The van der Waals surface area contributed by atoms with Crippen molar-refractivity contribution in [1.82, 2.24) is 0 Å². The Hall–Kier alpha value is 0.530.